The number of anilines is 1. The Kier molecular flexibility index (Phi) is 3.89. The van der Waals surface area contributed by atoms with Crippen molar-refractivity contribution in [3.8, 4) is 0 Å². The summed E-state index contributed by atoms with van der Waals surface area (Å²) in [6, 6.07) is 10.6. The number of carbonyl (C=O) groups is 1. The molecule has 1 aromatic carbocycles. The highest BCUT2D eigenvalue weighted by atomic mass is 35.5. The zero-order chi connectivity index (χ0) is 13.0. The van der Waals surface area contributed by atoms with Crippen molar-refractivity contribution in [3.63, 3.8) is 0 Å². The molecular weight excluding hydrogens is 254 g/mol. The van der Waals surface area contributed by atoms with E-state index in [0.717, 1.165) is 12.0 Å². The van der Waals surface area contributed by atoms with Gasteiger partial charge in [0.1, 0.15) is 0 Å². The number of benzene rings is 1. The molecule has 94 valence electrons. The summed E-state index contributed by atoms with van der Waals surface area (Å²) in [6.07, 6.45) is 0.806. The van der Waals surface area contributed by atoms with Gasteiger partial charge < -0.3 is 14.8 Å². The molecular formula is C13H12ClNO3. The molecule has 0 unspecified atom stereocenters. The van der Waals surface area contributed by atoms with E-state index in [1.165, 1.54) is 6.07 Å². The number of nitrogens with one attached hydrogen (secondary N) is 1. The van der Waals surface area contributed by atoms with Crippen LogP contribution in [0.25, 0.3) is 0 Å². The molecule has 0 saturated heterocycles. The highest BCUT2D eigenvalue weighted by Crippen LogP contribution is 2.14. The van der Waals surface area contributed by atoms with Crippen LogP contribution in [-0.4, -0.2) is 17.6 Å². The Bertz CT molecular complexity index is 533. The van der Waals surface area contributed by atoms with E-state index in [9.17, 15) is 4.79 Å². The number of furan rings is 1. The van der Waals surface area contributed by atoms with Crippen molar-refractivity contribution in [2.75, 3.05) is 11.9 Å². The van der Waals surface area contributed by atoms with Gasteiger partial charge in [0, 0.05) is 17.6 Å². The molecule has 0 spiro atoms. The number of halogens is 1. The van der Waals surface area contributed by atoms with Crippen molar-refractivity contribution >= 4 is 23.5 Å². The third-order valence-electron chi connectivity index (χ3n) is 2.44. The van der Waals surface area contributed by atoms with Crippen LogP contribution in [0.2, 0.25) is 5.02 Å². The molecule has 2 rings (SSSR count). The van der Waals surface area contributed by atoms with Gasteiger partial charge in [0.25, 0.3) is 0 Å². The monoisotopic (exact) mass is 265 g/mol. The van der Waals surface area contributed by atoms with Crippen LogP contribution in [0.15, 0.2) is 40.8 Å². The summed E-state index contributed by atoms with van der Waals surface area (Å²) in [6.45, 7) is 0.661. The topological polar surface area (TPSA) is 62.5 Å². The van der Waals surface area contributed by atoms with Crippen molar-refractivity contribution in [2.45, 2.75) is 6.42 Å². The highest BCUT2D eigenvalue weighted by molar-refractivity contribution is 6.30. The SMILES string of the molecule is O=C(O)c1ccc(NCCc2ccc(Cl)cc2)o1. The lowest BCUT2D eigenvalue weighted by molar-refractivity contribution is 0.0663. The van der Waals surface area contributed by atoms with E-state index in [1.807, 2.05) is 24.3 Å². The Morgan fingerprint density at radius 2 is 1.94 bits per heavy atom. The van der Waals surface area contributed by atoms with E-state index < -0.39 is 5.97 Å². The third-order valence-corrected chi connectivity index (χ3v) is 2.69. The number of rotatable bonds is 5. The molecule has 1 heterocycles. The minimum atomic E-state index is -1.07. The first-order chi connectivity index (χ1) is 8.65. The molecule has 0 atom stereocenters. The number of carboxylic acids is 1. The van der Waals surface area contributed by atoms with Crippen LogP contribution in [0.5, 0.6) is 0 Å². The molecule has 0 amide bonds. The largest absolute Gasteiger partial charge is 0.475 e. The first-order valence-electron chi connectivity index (χ1n) is 5.46. The van der Waals surface area contributed by atoms with Gasteiger partial charge in [-0.2, -0.15) is 0 Å². The maximum absolute atomic E-state index is 10.6. The lowest BCUT2D eigenvalue weighted by atomic mass is 10.1. The van der Waals surface area contributed by atoms with Gasteiger partial charge in [-0.1, -0.05) is 23.7 Å². The molecule has 1 aromatic heterocycles. The summed E-state index contributed by atoms with van der Waals surface area (Å²) >= 11 is 5.79. The molecule has 0 fully saturated rings. The van der Waals surface area contributed by atoms with E-state index >= 15 is 0 Å². The van der Waals surface area contributed by atoms with Crippen LogP contribution in [0.4, 0.5) is 5.88 Å². The van der Waals surface area contributed by atoms with Crippen LogP contribution in [0, 0.1) is 0 Å². The van der Waals surface area contributed by atoms with Gasteiger partial charge in [0.05, 0.1) is 0 Å². The normalized spacial score (nSPS) is 10.3. The van der Waals surface area contributed by atoms with E-state index in [2.05, 4.69) is 5.32 Å². The zero-order valence-electron chi connectivity index (χ0n) is 9.52. The Hall–Kier alpha value is -1.94. The van der Waals surface area contributed by atoms with Gasteiger partial charge in [-0.3, -0.25) is 0 Å². The zero-order valence-corrected chi connectivity index (χ0v) is 10.3. The Morgan fingerprint density at radius 3 is 2.56 bits per heavy atom. The third kappa shape index (κ3) is 3.28. The average molecular weight is 266 g/mol. The lowest BCUT2D eigenvalue weighted by Gasteiger charge is -2.03. The first kappa shape index (κ1) is 12.5. The molecule has 18 heavy (non-hydrogen) atoms. The van der Waals surface area contributed by atoms with Crippen LogP contribution >= 0.6 is 11.6 Å². The van der Waals surface area contributed by atoms with Gasteiger partial charge in [-0.25, -0.2) is 4.79 Å². The molecule has 0 saturated carbocycles. The van der Waals surface area contributed by atoms with Crippen molar-refractivity contribution < 1.29 is 14.3 Å². The molecule has 0 radical (unpaired) electrons. The summed E-state index contributed by atoms with van der Waals surface area (Å²) in [5, 5.41) is 12.4. The number of hydrogen-bond donors (Lipinski definition) is 2. The Balaban J connectivity index is 1.84. The van der Waals surface area contributed by atoms with Crippen molar-refractivity contribution in [1.29, 1.82) is 0 Å². The molecule has 2 N–H and O–H groups in total. The molecule has 0 aliphatic carbocycles. The predicted octanol–water partition coefficient (Wildman–Crippen LogP) is 3.29. The van der Waals surface area contributed by atoms with Gasteiger partial charge in [0.15, 0.2) is 5.88 Å². The Labute approximate surface area is 109 Å². The van der Waals surface area contributed by atoms with Gasteiger partial charge in [0.2, 0.25) is 5.76 Å². The minimum absolute atomic E-state index is 0.0657. The van der Waals surface area contributed by atoms with E-state index in [0.29, 0.717) is 17.5 Å². The predicted molar refractivity (Wildman–Crippen MR) is 69.3 cm³/mol. The van der Waals surface area contributed by atoms with Crippen molar-refractivity contribution in [2.24, 2.45) is 0 Å². The Morgan fingerprint density at radius 1 is 1.22 bits per heavy atom. The quantitative estimate of drug-likeness (QED) is 0.871. The smallest absolute Gasteiger partial charge is 0.371 e. The maximum atomic E-state index is 10.6. The van der Waals surface area contributed by atoms with Crippen LogP contribution in [0.3, 0.4) is 0 Å². The second kappa shape index (κ2) is 5.60. The average Bonchev–Trinajstić information content (AvgIpc) is 2.81. The number of carboxylic acid groups (broad SMARTS) is 1. The van der Waals surface area contributed by atoms with E-state index in [1.54, 1.807) is 6.07 Å². The van der Waals surface area contributed by atoms with Gasteiger partial charge in [-0.15, -0.1) is 0 Å². The van der Waals surface area contributed by atoms with E-state index in [-0.39, 0.29) is 5.76 Å². The molecule has 4 nitrogen and oxygen atoms in total. The fourth-order valence-corrected chi connectivity index (χ4v) is 1.65. The van der Waals surface area contributed by atoms with Gasteiger partial charge in [-0.05, 0) is 30.2 Å². The van der Waals surface area contributed by atoms with Crippen LogP contribution in [-0.2, 0) is 6.42 Å². The summed E-state index contributed by atoms with van der Waals surface area (Å²) in [7, 11) is 0. The summed E-state index contributed by atoms with van der Waals surface area (Å²) < 4.78 is 5.07. The molecule has 0 aliphatic rings. The lowest BCUT2D eigenvalue weighted by Crippen LogP contribution is -2.03. The summed E-state index contributed by atoms with van der Waals surface area (Å²) in [4.78, 5) is 10.6. The van der Waals surface area contributed by atoms with Crippen molar-refractivity contribution in [1.82, 2.24) is 0 Å². The second-order valence-corrected chi connectivity index (χ2v) is 4.21. The molecule has 2 aromatic rings. The minimum Gasteiger partial charge on any atom is -0.475 e. The number of hydrogen-bond acceptors (Lipinski definition) is 3. The second-order valence-electron chi connectivity index (χ2n) is 3.77. The fourth-order valence-electron chi connectivity index (χ4n) is 1.53. The summed E-state index contributed by atoms with van der Waals surface area (Å²) in [5.74, 6) is -0.675. The maximum Gasteiger partial charge on any atom is 0.371 e. The van der Waals surface area contributed by atoms with Crippen LogP contribution in [0.1, 0.15) is 16.1 Å². The standard InChI is InChI=1S/C13H12ClNO3/c14-10-3-1-9(2-4-10)7-8-15-12-6-5-11(18-12)13(16)17/h1-6,15H,7-8H2,(H,16,17). The van der Waals surface area contributed by atoms with Gasteiger partial charge >= 0.3 is 5.97 Å². The molecule has 0 aliphatic heterocycles. The number of aromatic carboxylic acids is 1. The van der Waals surface area contributed by atoms with Crippen LogP contribution < -0.4 is 5.32 Å². The first-order valence-corrected chi connectivity index (χ1v) is 5.84. The molecule has 5 heteroatoms. The highest BCUT2D eigenvalue weighted by Gasteiger charge is 2.07. The fraction of sp³-hybridized carbons (Fsp3) is 0.154. The molecule has 0 bridgehead atoms. The van der Waals surface area contributed by atoms with Crippen molar-refractivity contribution in [3.05, 3.63) is 52.7 Å². The van der Waals surface area contributed by atoms with E-state index in [4.69, 9.17) is 21.1 Å². The summed E-state index contributed by atoms with van der Waals surface area (Å²) in [5.41, 5.74) is 1.15.